The van der Waals surface area contributed by atoms with E-state index in [0.717, 1.165) is 25.0 Å². The van der Waals surface area contributed by atoms with Crippen LogP contribution in [-0.4, -0.2) is 56.0 Å². The molecule has 2 rings (SSSR count). The van der Waals surface area contributed by atoms with Gasteiger partial charge in [0, 0.05) is 27.2 Å². The summed E-state index contributed by atoms with van der Waals surface area (Å²) in [5.41, 5.74) is 1.31. The van der Waals surface area contributed by atoms with Crippen LogP contribution in [0.4, 0.5) is 0 Å². The van der Waals surface area contributed by atoms with Gasteiger partial charge in [-0.15, -0.1) is 24.0 Å². The number of hydrogen-bond acceptors (Lipinski definition) is 2. The van der Waals surface area contributed by atoms with Crippen molar-refractivity contribution in [1.29, 1.82) is 0 Å². The maximum atomic E-state index is 4.40. The van der Waals surface area contributed by atoms with E-state index in [0.29, 0.717) is 0 Å². The SMILES string of the molecule is CN=C(NCCCCN1CCC(C)CC1)N(C)Cc1ccccc1.I. The zero-order valence-corrected chi connectivity index (χ0v) is 18.4. The summed E-state index contributed by atoms with van der Waals surface area (Å²) in [6, 6.07) is 10.5. The van der Waals surface area contributed by atoms with Crippen molar-refractivity contribution >= 4 is 29.9 Å². The number of unbranched alkanes of at least 4 members (excludes halogenated alkanes) is 1. The first kappa shape index (κ1) is 22.2. The number of rotatable bonds is 7. The van der Waals surface area contributed by atoms with Crippen LogP contribution in [0.15, 0.2) is 35.3 Å². The Morgan fingerprint density at radius 2 is 1.88 bits per heavy atom. The van der Waals surface area contributed by atoms with Gasteiger partial charge in [0.1, 0.15) is 0 Å². The molecule has 0 aromatic heterocycles. The lowest BCUT2D eigenvalue weighted by molar-refractivity contribution is 0.189. The van der Waals surface area contributed by atoms with Crippen molar-refractivity contribution in [2.75, 3.05) is 40.3 Å². The summed E-state index contributed by atoms with van der Waals surface area (Å²) in [6.45, 7) is 8.07. The van der Waals surface area contributed by atoms with Crippen LogP contribution >= 0.6 is 24.0 Å². The number of nitrogens with one attached hydrogen (secondary N) is 1. The first-order valence-corrected chi connectivity index (χ1v) is 9.37. The van der Waals surface area contributed by atoms with Gasteiger partial charge >= 0.3 is 0 Å². The fourth-order valence-electron chi connectivity index (χ4n) is 3.26. The van der Waals surface area contributed by atoms with Crippen molar-refractivity contribution in [2.45, 2.75) is 39.2 Å². The summed E-state index contributed by atoms with van der Waals surface area (Å²) in [6.07, 6.45) is 5.20. The molecule has 1 N–H and O–H groups in total. The quantitative estimate of drug-likeness (QED) is 0.292. The van der Waals surface area contributed by atoms with Crippen LogP contribution in [0.2, 0.25) is 0 Å². The van der Waals surface area contributed by atoms with Crippen LogP contribution in [0.3, 0.4) is 0 Å². The van der Waals surface area contributed by atoms with Crippen molar-refractivity contribution in [3.8, 4) is 0 Å². The summed E-state index contributed by atoms with van der Waals surface area (Å²) in [5, 5.41) is 3.49. The molecule has 5 heteroatoms. The fourth-order valence-corrected chi connectivity index (χ4v) is 3.26. The Kier molecular flexibility index (Phi) is 11.1. The zero-order valence-electron chi connectivity index (χ0n) is 16.1. The minimum absolute atomic E-state index is 0. The number of aliphatic imine (C=N–C) groups is 1. The van der Waals surface area contributed by atoms with Crippen molar-refractivity contribution in [3.63, 3.8) is 0 Å². The predicted molar refractivity (Wildman–Crippen MR) is 119 cm³/mol. The maximum absolute atomic E-state index is 4.40. The lowest BCUT2D eigenvalue weighted by Crippen LogP contribution is -2.39. The second-order valence-electron chi connectivity index (χ2n) is 7.05. The molecular weight excluding hydrogens is 423 g/mol. The number of likely N-dealkylation sites (tertiary alicyclic amines) is 1. The molecule has 0 spiro atoms. The summed E-state index contributed by atoms with van der Waals surface area (Å²) in [4.78, 5) is 9.20. The Balaban J connectivity index is 0.00000312. The van der Waals surface area contributed by atoms with Crippen LogP contribution in [0.5, 0.6) is 0 Å². The topological polar surface area (TPSA) is 30.9 Å². The molecule has 0 radical (unpaired) electrons. The summed E-state index contributed by atoms with van der Waals surface area (Å²) >= 11 is 0. The molecule has 1 heterocycles. The summed E-state index contributed by atoms with van der Waals surface area (Å²) in [7, 11) is 3.95. The Labute approximate surface area is 171 Å². The molecule has 1 saturated heterocycles. The average molecular weight is 458 g/mol. The Morgan fingerprint density at radius 1 is 1.20 bits per heavy atom. The highest BCUT2D eigenvalue weighted by atomic mass is 127. The minimum Gasteiger partial charge on any atom is -0.356 e. The number of nitrogens with zero attached hydrogens (tertiary/aromatic N) is 3. The molecule has 1 aromatic rings. The minimum atomic E-state index is 0. The Hall–Kier alpha value is -0.820. The van der Waals surface area contributed by atoms with Crippen molar-refractivity contribution < 1.29 is 0 Å². The molecule has 1 aliphatic heterocycles. The molecule has 0 amide bonds. The third-order valence-electron chi connectivity index (χ3n) is 4.90. The summed E-state index contributed by atoms with van der Waals surface area (Å²) < 4.78 is 0. The van der Waals surface area contributed by atoms with Crippen LogP contribution in [-0.2, 0) is 6.54 Å². The molecule has 1 aliphatic rings. The average Bonchev–Trinajstić information content (AvgIpc) is 2.60. The van der Waals surface area contributed by atoms with E-state index in [2.05, 4.69) is 64.4 Å². The van der Waals surface area contributed by atoms with E-state index in [1.165, 1.54) is 50.9 Å². The van der Waals surface area contributed by atoms with E-state index in [9.17, 15) is 0 Å². The van der Waals surface area contributed by atoms with Gasteiger partial charge in [-0.05, 0) is 56.8 Å². The molecular formula is C20H35IN4. The molecule has 0 bridgehead atoms. The highest BCUT2D eigenvalue weighted by molar-refractivity contribution is 14.0. The van der Waals surface area contributed by atoms with Crippen LogP contribution in [0.25, 0.3) is 0 Å². The normalized spacial score (nSPS) is 16.4. The molecule has 4 nitrogen and oxygen atoms in total. The van der Waals surface area contributed by atoms with Gasteiger partial charge in [0.2, 0.25) is 0 Å². The van der Waals surface area contributed by atoms with Crippen molar-refractivity contribution in [1.82, 2.24) is 15.1 Å². The van der Waals surface area contributed by atoms with Crippen LogP contribution in [0.1, 0.15) is 38.2 Å². The number of guanidine groups is 1. The number of hydrogen-bond donors (Lipinski definition) is 1. The molecule has 25 heavy (non-hydrogen) atoms. The fraction of sp³-hybridized carbons (Fsp3) is 0.650. The first-order valence-electron chi connectivity index (χ1n) is 9.37. The smallest absolute Gasteiger partial charge is 0.193 e. The lowest BCUT2D eigenvalue weighted by atomic mass is 9.99. The largest absolute Gasteiger partial charge is 0.356 e. The molecule has 0 aliphatic carbocycles. The molecule has 1 aromatic carbocycles. The second kappa shape index (κ2) is 12.5. The molecule has 142 valence electrons. The predicted octanol–water partition coefficient (Wildman–Crippen LogP) is 3.82. The molecule has 1 fully saturated rings. The Bertz CT molecular complexity index is 484. The van der Waals surface area contributed by atoms with Gasteiger partial charge in [0.25, 0.3) is 0 Å². The third-order valence-corrected chi connectivity index (χ3v) is 4.90. The van der Waals surface area contributed by atoms with E-state index < -0.39 is 0 Å². The van der Waals surface area contributed by atoms with E-state index >= 15 is 0 Å². The third kappa shape index (κ3) is 8.40. The number of piperidine rings is 1. The molecule has 0 saturated carbocycles. The van der Waals surface area contributed by atoms with E-state index in [1.54, 1.807) is 0 Å². The summed E-state index contributed by atoms with van der Waals surface area (Å²) in [5.74, 6) is 1.90. The van der Waals surface area contributed by atoms with E-state index in [4.69, 9.17) is 0 Å². The van der Waals surface area contributed by atoms with Gasteiger partial charge in [0.05, 0.1) is 0 Å². The van der Waals surface area contributed by atoms with Crippen LogP contribution < -0.4 is 5.32 Å². The standard InChI is InChI=1S/C20H34N4.HI/c1-18-11-15-24(16-12-18)14-8-7-13-22-20(21-2)23(3)17-19-9-5-4-6-10-19;/h4-6,9-10,18H,7-8,11-17H2,1-3H3,(H,21,22);1H. The van der Waals surface area contributed by atoms with E-state index in [1.807, 2.05) is 7.05 Å². The van der Waals surface area contributed by atoms with Gasteiger partial charge in [0.15, 0.2) is 5.96 Å². The van der Waals surface area contributed by atoms with Gasteiger partial charge < -0.3 is 15.1 Å². The van der Waals surface area contributed by atoms with Gasteiger partial charge in [-0.2, -0.15) is 0 Å². The zero-order chi connectivity index (χ0) is 17.2. The van der Waals surface area contributed by atoms with E-state index in [-0.39, 0.29) is 24.0 Å². The maximum Gasteiger partial charge on any atom is 0.193 e. The van der Waals surface area contributed by atoms with Gasteiger partial charge in [-0.25, -0.2) is 0 Å². The second-order valence-corrected chi connectivity index (χ2v) is 7.05. The molecule has 0 unspecified atom stereocenters. The highest BCUT2D eigenvalue weighted by Gasteiger charge is 2.14. The Morgan fingerprint density at radius 3 is 2.52 bits per heavy atom. The van der Waals surface area contributed by atoms with Crippen molar-refractivity contribution in [2.24, 2.45) is 10.9 Å². The van der Waals surface area contributed by atoms with Gasteiger partial charge in [-0.1, -0.05) is 37.3 Å². The van der Waals surface area contributed by atoms with Gasteiger partial charge in [-0.3, -0.25) is 4.99 Å². The highest BCUT2D eigenvalue weighted by Crippen LogP contribution is 2.16. The number of halogens is 1. The lowest BCUT2D eigenvalue weighted by Gasteiger charge is -2.30. The van der Waals surface area contributed by atoms with Crippen molar-refractivity contribution in [3.05, 3.63) is 35.9 Å². The number of benzene rings is 1. The monoisotopic (exact) mass is 458 g/mol. The first-order chi connectivity index (χ1) is 11.7. The van der Waals surface area contributed by atoms with Crippen LogP contribution in [0, 0.1) is 5.92 Å². The molecule has 0 atom stereocenters.